The number of hydrogen-bond donors (Lipinski definition) is 1. The van der Waals surface area contributed by atoms with Crippen molar-refractivity contribution in [3.05, 3.63) is 50.5 Å². The van der Waals surface area contributed by atoms with Crippen LogP contribution in [-0.4, -0.2) is 9.97 Å². The average molecular weight is 319 g/mol. The summed E-state index contributed by atoms with van der Waals surface area (Å²) in [5.74, 6) is 0. The van der Waals surface area contributed by atoms with Crippen LogP contribution in [0.15, 0.2) is 34.9 Å². The molecular formula is C14H11BrN2S. The van der Waals surface area contributed by atoms with E-state index in [1.165, 1.54) is 10.3 Å². The van der Waals surface area contributed by atoms with Gasteiger partial charge in [-0.15, -0.1) is 11.3 Å². The molecular weight excluding hydrogens is 308 g/mol. The second-order valence-corrected chi connectivity index (χ2v) is 6.25. The van der Waals surface area contributed by atoms with Crippen molar-refractivity contribution in [2.45, 2.75) is 6.92 Å². The Morgan fingerprint density at radius 3 is 2.94 bits per heavy atom. The highest BCUT2D eigenvalue weighted by molar-refractivity contribution is 9.10. The second-order valence-electron chi connectivity index (χ2n) is 4.07. The molecule has 2 aromatic heterocycles. The van der Waals surface area contributed by atoms with Gasteiger partial charge in [-0.25, -0.2) is 4.98 Å². The zero-order valence-electron chi connectivity index (χ0n) is 9.77. The number of aromatic nitrogens is 2. The Bertz CT molecular complexity index is 724. The first kappa shape index (κ1) is 11.7. The average Bonchev–Trinajstić information content (AvgIpc) is 2.92. The summed E-state index contributed by atoms with van der Waals surface area (Å²) in [5, 5.41) is 2.31. The van der Waals surface area contributed by atoms with E-state index in [4.69, 9.17) is 0 Å². The summed E-state index contributed by atoms with van der Waals surface area (Å²) in [5.41, 5.74) is 2.25. The monoisotopic (exact) mass is 318 g/mol. The van der Waals surface area contributed by atoms with Crippen LogP contribution in [0.3, 0.4) is 0 Å². The highest BCUT2D eigenvalue weighted by atomic mass is 79.9. The smallest absolute Gasteiger partial charge is 0.0900 e. The van der Waals surface area contributed by atoms with Crippen LogP contribution in [0.4, 0.5) is 0 Å². The molecule has 0 spiro atoms. The largest absolute Gasteiger partial charge is 0.355 e. The number of aryl methyl sites for hydroxylation is 1. The van der Waals surface area contributed by atoms with Crippen molar-refractivity contribution in [2.75, 3.05) is 0 Å². The van der Waals surface area contributed by atoms with Gasteiger partial charge in [0.15, 0.2) is 0 Å². The van der Waals surface area contributed by atoms with E-state index in [1.54, 1.807) is 11.3 Å². The first-order valence-electron chi connectivity index (χ1n) is 5.59. The Morgan fingerprint density at radius 2 is 2.17 bits per heavy atom. The summed E-state index contributed by atoms with van der Waals surface area (Å²) in [4.78, 5) is 8.79. The molecule has 3 rings (SSSR count). The Kier molecular flexibility index (Phi) is 3.06. The molecule has 18 heavy (non-hydrogen) atoms. The summed E-state index contributed by atoms with van der Waals surface area (Å²) in [6.07, 6.45) is 6.07. The van der Waals surface area contributed by atoms with Crippen LogP contribution in [0, 0.1) is 6.92 Å². The molecule has 0 radical (unpaired) electrons. The molecule has 0 unspecified atom stereocenters. The molecule has 1 N–H and O–H groups in total. The number of nitrogens with zero attached hydrogens (tertiary/aromatic N) is 1. The lowest BCUT2D eigenvalue weighted by Gasteiger charge is -1.89. The molecule has 2 nitrogen and oxygen atoms in total. The van der Waals surface area contributed by atoms with Crippen LogP contribution in [0.25, 0.3) is 23.1 Å². The third-order valence-corrected chi connectivity index (χ3v) is 4.04. The number of hydrogen-bond acceptors (Lipinski definition) is 2. The molecule has 1 aromatic carbocycles. The van der Waals surface area contributed by atoms with E-state index in [2.05, 4.69) is 62.3 Å². The summed E-state index contributed by atoms with van der Waals surface area (Å²) >= 11 is 5.17. The van der Waals surface area contributed by atoms with E-state index in [-0.39, 0.29) is 0 Å². The molecule has 0 aliphatic heterocycles. The summed E-state index contributed by atoms with van der Waals surface area (Å²) in [6, 6.07) is 8.38. The van der Waals surface area contributed by atoms with Gasteiger partial charge in [-0.05, 0) is 37.3 Å². The summed E-state index contributed by atoms with van der Waals surface area (Å²) in [7, 11) is 0. The standard InChI is InChI=1S/C14H11BrN2S/c1-9-16-8-13(18-9)5-4-12-6-10-2-3-11(15)7-14(10)17-12/h2-8,17H,1H3/b5-4+. The zero-order chi connectivity index (χ0) is 12.5. The molecule has 0 amide bonds. The molecule has 0 fully saturated rings. The number of rotatable bonds is 2. The number of thiazole rings is 1. The Morgan fingerprint density at radius 1 is 1.28 bits per heavy atom. The maximum atomic E-state index is 4.23. The molecule has 0 atom stereocenters. The SMILES string of the molecule is Cc1ncc(/C=C/c2cc3ccc(Br)cc3[nH]2)s1. The normalized spacial score (nSPS) is 11.7. The van der Waals surface area contributed by atoms with Crippen LogP contribution in [0.5, 0.6) is 0 Å². The number of H-pyrrole nitrogens is 1. The van der Waals surface area contributed by atoms with Crippen molar-refractivity contribution in [2.24, 2.45) is 0 Å². The number of aromatic amines is 1. The molecule has 4 heteroatoms. The minimum absolute atomic E-state index is 1.09. The first-order valence-corrected chi connectivity index (χ1v) is 7.20. The van der Waals surface area contributed by atoms with E-state index in [1.807, 2.05) is 13.1 Å². The van der Waals surface area contributed by atoms with E-state index in [0.29, 0.717) is 0 Å². The third kappa shape index (κ3) is 2.40. The second kappa shape index (κ2) is 4.71. The summed E-state index contributed by atoms with van der Waals surface area (Å²) < 4.78 is 1.09. The fourth-order valence-electron chi connectivity index (χ4n) is 1.84. The fourth-order valence-corrected chi connectivity index (χ4v) is 2.89. The number of nitrogens with one attached hydrogen (secondary N) is 1. The Balaban J connectivity index is 1.93. The van der Waals surface area contributed by atoms with Gasteiger partial charge in [-0.2, -0.15) is 0 Å². The molecule has 90 valence electrons. The van der Waals surface area contributed by atoms with Crippen LogP contribution in [0.2, 0.25) is 0 Å². The van der Waals surface area contributed by atoms with Crippen molar-refractivity contribution < 1.29 is 0 Å². The van der Waals surface area contributed by atoms with E-state index >= 15 is 0 Å². The van der Waals surface area contributed by atoms with Gasteiger partial charge in [-0.3, -0.25) is 0 Å². The Hall–Kier alpha value is -1.39. The maximum Gasteiger partial charge on any atom is 0.0900 e. The Labute approximate surface area is 118 Å². The van der Waals surface area contributed by atoms with Gasteiger partial charge in [0, 0.05) is 32.1 Å². The molecule has 0 saturated carbocycles. The fraction of sp³-hybridized carbons (Fsp3) is 0.0714. The topological polar surface area (TPSA) is 28.7 Å². The predicted octanol–water partition coefficient (Wildman–Crippen LogP) is 4.87. The predicted molar refractivity (Wildman–Crippen MR) is 81.8 cm³/mol. The molecule has 2 heterocycles. The lowest BCUT2D eigenvalue weighted by molar-refractivity contribution is 1.30. The van der Waals surface area contributed by atoms with Gasteiger partial charge in [0.2, 0.25) is 0 Å². The molecule has 0 bridgehead atoms. The van der Waals surface area contributed by atoms with E-state index in [0.717, 1.165) is 20.7 Å². The van der Waals surface area contributed by atoms with Gasteiger partial charge in [0.25, 0.3) is 0 Å². The lowest BCUT2D eigenvalue weighted by atomic mass is 10.2. The highest BCUT2D eigenvalue weighted by Crippen LogP contribution is 2.22. The number of fused-ring (bicyclic) bond motifs is 1. The maximum absolute atomic E-state index is 4.23. The van der Waals surface area contributed by atoms with Crippen molar-refractivity contribution in [3.63, 3.8) is 0 Å². The number of benzene rings is 1. The quantitative estimate of drug-likeness (QED) is 0.717. The van der Waals surface area contributed by atoms with Crippen LogP contribution < -0.4 is 0 Å². The van der Waals surface area contributed by atoms with Gasteiger partial charge in [-0.1, -0.05) is 22.0 Å². The highest BCUT2D eigenvalue weighted by Gasteiger charge is 1.99. The van der Waals surface area contributed by atoms with Crippen molar-refractivity contribution in [1.82, 2.24) is 9.97 Å². The minimum Gasteiger partial charge on any atom is -0.355 e. The molecule has 3 aromatic rings. The van der Waals surface area contributed by atoms with E-state index < -0.39 is 0 Å². The van der Waals surface area contributed by atoms with Gasteiger partial charge in [0.05, 0.1) is 5.01 Å². The van der Waals surface area contributed by atoms with Crippen LogP contribution >= 0.6 is 27.3 Å². The van der Waals surface area contributed by atoms with Crippen LogP contribution in [0.1, 0.15) is 15.6 Å². The first-order chi connectivity index (χ1) is 8.70. The molecule has 0 aliphatic carbocycles. The van der Waals surface area contributed by atoms with Crippen molar-refractivity contribution >= 4 is 50.3 Å². The number of halogens is 1. The molecule has 0 aliphatic rings. The van der Waals surface area contributed by atoms with Gasteiger partial charge in [0.1, 0.15) is 0 Å². The van der Waals surface area contributed by atoms with Gasteiger partial charge < -0.3 is 4.98 Å². The van der Waals surface area contributed by atoms with Gasteiger partial charge >= 0.3 is 0 Å². The van der Waals surface area contributed by atoms with E-state index in [9.17, 15) is 0 Å². The minimum atomic E-state index is 1.09. The van der Waals surface area contributed by atoms with Crippen LogP contribution in [-0.2, 0) is 0 Å². The summed E-state index contributed by atoms with van der Waals surface area (Å²) in [6.45, 7) is 2.02. The molecule has 0 saturated heterocycles. The van der Waals surface area contributed by atoms with Crippen molar-refractivity contribution in [1.29, 1.82) is 0 Å². The van der Waals surface area contributed by atoms with Crippen molar-refractivity contribution in [3.8, 4) is 0 Å². The lowest BCUT2D eigenvalue weighted by Crippen LogP contribution is -1.69. The zero-order valence-corrected chi connectivity index (χ0v) is 12.2. The third-order valence-electron chi connectivity index (χ3n) is 2.67.